The van der Waals surface area contributed by atoms with Gasteiger partial charge in [-0.15, -0.1) is 11.3 Å². The van der Waals surface area contributed by atoms with Gasteiger partial charge in [0, 0.05) is 45.2 Å². The smallest absolute Gasteiger partial charge is 0.263 e. The van der Waals surface area contributed by atoms with Gasteiger partial charge in [0.05, 0.1) is 31.8 Å². The molecule has 0 atom stereocenters. The highest BCUT2D eigenvalue weighted by molar-refractivity contribution is 7.92. The van der Waals surface area contributed by atoms with E-state index in [-0.39, 0.29) is 47.4 Å². The van der Waals surface area contributed by atoms with Crippen LogP contribution in [0.2, 0.25) is 0 Å². The van der Waals surface area contributed by atoms with Gasteiger partial charge in [0.1, 0.15) is 17.3 Å². The molecule has 210 valence electrons. The van der Waals surface area contributed by atoms with Gasteiger partial charge in [-0.05, 0) is 48.7 Å². The van der Waals surface area contributed by atoms with E-state index in [2.05, 4.69) is 16.5 Å². The number of nitrogens with one attached hydrogen (secondary N) is 1. The van der Waals surface area contributed by atoms with Crippen molar-refractivity contribution in [2.45, 2.75) is 11.8 Å². The normalized spacial score (nSPS) is 11.4. The lowest BCUT2D eigenvalue weighted by Gasteiger charge is -2.19. The lowest BCUT2D eigenvalue weighted by atomic mass is 9.95. The number of aliphatic hydroxyl groups is 2. The third-order valence-electron chi connectivity index (χ3n) is 5.97. The maximum absolute atomic E-state index is 13.5. The summed E-state index contributed by atoms with van der Waals surface area (Å²) in [7, 11) is -2.44. The van der Waals surface area contributed by atoms with Gasteiger partial charge in [-0.1, -0.05) is 17.8 Å². The van der Waals surface area contributed by atoms with E-state index in [1.54, 1.807) is 19.1 Å². The molecule has 12 heteroatoms. The number of allylic oxidation sites excluding steroid dienone is 1. The standard InChI is InChI=1S/C28H28N2O8S2/c1-17-11-27(29-38-17)30-40(34,35)21-8-6-20(7-9-21)28(33)18(2)22-12-23(26-5-4-10-39-26)24(36-3)13-25(22)37-16-19(14-31)15-32/h4-13,19,31-32H,2,14-16H2,1,3H3,(H,29,30). The van der Waals surface area contributed by atoms with Crippen LogP contribution in [0.25, 0.3) is 16.0 Å². The summed E-state index contributed by atoms with van der Waals surface area (Å²) in [6, 6.07) is 14.1. The number of benzene rings is 2. The van der Waals surface area contributed by atoms with Gasteiger partial charge in [0.2, 0.25) is 0 Å². The fourth-order valence-corrected chi connectivity index (χ4v) is 5.50. The third-order valence-corrected chi connectivity index (χ3v) is 8.25. The van der Waals surface area contributed by atoms with Crippen molar-refractivity contribution in [3.05, 3.63) is 83.4 Å². The quantitative estimate of drug-likeness (QED) is 0.154. The second kappa shape index (κ2) is 12.5. The summed E-state index contributed by atoms with van der Waals surface area (Å²) in [5.41, 5.74) is 1.44. The maximum atomic E-state index is 13.5. The minimum atomic E-state index is -3.96. The zero-order chi connectivity index (χ0) is 28.9. The Hall–Kier alpha value is -3.97. The predicted octanol–water partition coefficient (Wildman–Crippen LogP) is 4.40. The molecule has 2 aromatic carbocycles. The molecule has 40 heavy (non-hydrogen) atoms. The Morgan fingerprint density at radius 1 is 1.12 bits per heavy atom. The summed E-state index contributed by atoms with van der Waals surface area (Å²) < 4.78 is 44.1. The van der Waals surface area contributed by atoms with E-state index < -0.39 is 21.7 Å². The molecule has 0 saturated carbocycles. The van der Waals surface area contributed by atoms with Crippen molar-refractivity contribution in [3.63, 3.8) is 0 Å². The number of thiophene rings is 1. The number of hydrogen-bond donors (Lipinski definition) is 3. The SMILES string of the molecule is C=C(C(=O)c1ccc(S(=O)(=O)Nc2cc(C)on2)cc1)c1cc(-c2cccs2)c(OC)cc1OCC(CO)CO. The van der Waals surface area contributed by atoms with Crippen molar-refractivity contribution >= 4 is 38.5 Å². The molecule has 10 nitrogen and oxygen atoms in total. The Balaban J connectivity index is 1.65. The van der Waals surface area contributed by atoms with Crippen molar-refractivity contribution in [1.29, 1.82) is 0 Å². The van der Waals surface area contributed by atoms with Crippen molar-refractivity contribution < 1.29 is 37.4 Å². The summed E-state index contributed by atoms with van der Waals surface area (Å²) >= 11 is 1.49. The molecule has 3 N–H and O–H groups in total. The minimum absolute atomic E-state index is 0.00637. The molecule has 4 rings (SSSR count). The Kier molecular flexibility index (Phi) is 9.05. The molecule has 2 aromatic heterocycles. The number of methoxy groups -OCH3 is 1. The number of sulfonamides is 1. The maximum Gasteiger partial charge on any atom is 0.263 e. The number of anilines is 1. The van der Waals surface area contributed by atoms with Crippen LogP contribution in [0.15, 0.2) is 76.0 Å². The number of carbonyl (C=O) groups excluding carboxylic acids is 1. The summed E-state index contributed by atoms with van der Waals surface area (Å²) in [6.07, 6.45) is 0. The second-order valence-electron chi connectivity index (χ2n) is 8.83. The predicted molar refractivity (Wildman–Crippen MR) is 151 cm³/mol. The molecule has 2 heterocycles. The molecule has 0 aliphatic carbocycles. The Morgan fingerprint density at radius 3 is 2.42 bits per heavy atom. The fourth-order valence-electron chi connectivity index (χ4n) is 3.77. The average molecular weight is 585 g/mol. The van der Waals surface area contributed by atoms with Gasteiger partial charge in [0.15, 0.2) is 11.6 Å². The van der Waals surface area contributed by atoms with Crippen LogP contribution in [0, 0.1) is 12.8 Å². The molecule has 0 fully saturated rings. The van der Waals surface area contributed by atoms with Crippen molar-refractivity contribution in [2.75, 3.05) is 31.7 Å². The highest BCUT2D eigenvalue weighted by Crippen LogP contribution is 2.41. The van der Waals surface area contributed by atoms with E-state index in [1.165, 1.54) is 48.8 Å². The van der Waals surface area contributed by atoms with Crippen LogP contribution in [0.4, 0.5) is 5.82 Å². The van der Waals surface area contributed by atoms with Crippen molar-refractivity contribution in [2.24, 2.45) is 5.92 Å². The van der Waals surface area contributed by atoms with E-state index in [1.807, 2.05) is 17.5 Å². The van der Waals surface area contributed by atoms with E-state index in [0.717, 1.165) is 10.4 Å². The Bertz CT molecular complexity index is 1590. The third kappa shape index (κ3) is 6.42. The van der Waals surface area contributed by atoms with Gasteiger partial charge in [-0.2, -0.15) is 0 Å². The monoisotopic (exact) mass is 584 g/mol. The first kappa shape index (κ1) is 29.0. The number of aromatic nitrogens is 1. The minimum Gasteiger partial charge on any atom is -0.496 e. The number of carbonyl (C=O) groups is 1. The fraction of sp³-hybridized carbons (Fsp3) is 0.214. The highest BCUT2D eigenvalue weighted by atomic mass is 32.2. The number of rotatable bonds is 13. The largest absolute Gasteiger partial charge is 0.496 e. The van der Waals surface area contributed by atoms with Crippen molar-refractivity contribution in [3.8, 4) is 21.9 Å². The van der Waals surface area contributed by atoms with Gasteiger partial charge in [0.25, 0.3) is 10.0 Å². The molecule has 0 bridgehead atoms. The van der Waals surface area contributed by atoms with Gasteiger partial charge in [-0.25, -0.2) is 8.42 Å². The molecule has 0 amide bonds. The van der Waals surface area contributed by atoms with Crippen molar-refractivity contribution in [1.82, 2.24) is 5.16 Å². The number of ether oxygens (including phenoxy) is 2. The van der Waals surface area contributed by atoms with Gasteiger partial charge >= 0.3 is 0 Å². The lowest BCUT2D eigenvalue weighted by Crippen LogP contribution is -2.20. The number of aryl methyl sites for hydroxylation is 1. The summed E-state index contributed by atoms with van der Waals surface area (Å²) in [4.78, 5) is 14.3. The molecule has 0 radical (unpaired) electrons. The number of nitrogens with zero attached hydrogens (tertiary/aromatic N) is 1. The molecular weight excluding hydrogens is 556 g/mol. The average Bonchev–Trinajstić information content (AvgIpc) is 3.64. The highest BCUT2D eigenvalue weighted by Gasteiger charge is 2.23. The van der Waals surface area contributed by atoms with Gasteiger partial charge in [-0.3, -0.25) is 9.52 Å². The first-order chi connectivity index (χ1) is 19.2. The molecule has 0 unspecified atom stereocenters. The van der Waals surface area contributed by atoms with Crippen LogP contribution < -0.4 is 14.2 Å². The Morgan fingerprint density at radius 2 is 1.85 bits per heavy atom. The van der Waals surface area contributed by atoms with Crippen LogP contribution in [-0.4, -0.2) is 56.5 Å². The zero-order valence-electron chi connectivity index (χ0n) is 21.8. The molecule has 0 saturated heterocycles. The molecule has 0 spiro atoms. The summed E-state index contributed by atoms with van der Waals surface area (Å²) in [5.74, 6) is 0.318. The van der Waals surface area contributed by atoms with E-state index in [0.29, 0.717) is 17.1 Å². The zero-order valence-corrected chi connectivity index (χ0v) is 23.4. The topological polar surface area (TPSA) is 148 Å². The Labute approximate surface area is 235 Å². The first-order valence-corrected chi connectivity index (χ1v) is 14.4. The van der Waals surface area contributed by atoms with Gasteiger partial charge < -0.3 is 24.2 Å². The molecular formula is C28H28N2O8S2. The van der Waals surface area contributed by atoms with E-state index in [9.17, 15) is 23.4 Å². The summed E-state index contributed by atoms with van der Waals surface area (Å²) in [6.45, 7) is 5.09. The van der Waals surface area contributed by atoms with E-state index >= 15 is 0 Å². The molecule has 0 aliphatic heterocycles. The molecule has 4 aromatic rings. The van der Waals surface area contributed by atoms with Crippen LogP contribution in [-0.2, 0) is 10.0 Å². The number of Topliss-reactive ketones (excluding diaryl/α,β-unsaturated/α-hetero) is 1. The number of hydrogen-bond acceptors (Lipinski definition) is 10. The number of ketones is 1. The molecule has 0 aliphatic rings. The van der Waals surface area contributed by atoms with E-state index in [4.69, 9.17) is 14.0 Å². The number of aliphatic hydroxyl groups excluding tert-OH is 2. The van der Waals surface area contributed by atoms with Crippen LogP contribution in [0.5, 0.6) is 11.5 Å². The first-order valence-electron chi connectivity index (χ1n) is 12.1. The summed E-state index contributed by atoms with van der Waals surface area (Å²) in [5, 5.41) is 24.5. The van der Waals surface area contributed by atoms with Crippen LogP contribution in [0.3, 0.4) is 0 Å². The lowest BCUT2D eigenvalue weighted by molar-refractivity contribution is 0.104. The van der Waals surface area contributed by atoms with Crippen LogP contribution in [0.1, 0.15) is 21.7 Å². The second-order valence-corrected chi connectivity index (χ2v) is 11.5. The van der Waals surface area contributed by atoms with Crippen LogP contribution >= 0.6 is 11.3 Å².